The number of para-hydroxylation sites is 1. The van der Waals surface area contributed by atoms with Crippen LogP contribution in [0.25, 0.3) is 22.7 Å². The van der Waals surface area contributed by atoms with Crippen molar-refractivity contribution in [3.05, 3.63) is 72.5 Å². The number of hydrogen-bond donors (Lipinski definition) is 1. The van der Waals surface area contributed by atoms with Gasteiger partial charge in [-0.15, -0.1) is 10.2 Å². The zero-order valence-electron chi connectivity index (χ0n) is 19.8. The summed E-state index contributed by atoms with van der Waals surface area (Å²) in [7, 11) is -3.65. The highest BCUT2D eigenvalue weighted by Crippen LogP contribution is 2.28. The van der Waals surface area contributed by atoms with Crippen molar-refractivity contribution in [3.8, 4) is 28.5 Å². The molecule has 188 valence electrons. The Balaban J connectivity index is 1.57. The van der Waals surface area contributed by atoms with Gasteiger partial charge in [-0.25, -0.2) is 8.42 Å². The number of ether oxygens (including phenoxy) is 1. The fraction of sp³-hybridized carbons (Fsp3) is 0.269. The molecule has 2 aromatic heterocycles. The maximum absolute atomic E-state index is 12.5. The van der Waals surface area contributed by atoms with Crippen molar-refractivity contribution < 1.29 is 27.5 Å². The molecule has 0 radical (unpaired) electrons. The van der Waals surface area contributed by atoms with Crippen LogP contribution >= 0.6 is 0 Å². The lowest BCUT2D eigenvalue weighted by atomic mass is 10.1. The Labute approximate surface area is 209 Å². The third-order valence-electron chi connectivity index (χ3n) is 5.59. The summed E-state index contributed by atoms with van der Waals surface area (Å²) in [5, 5.41) is 16.8. The average Bonchev–Trinajstić information content (AvgIpc) is 3.53. The predicted octanol–water partition coefficient (Wildman–Crippen LogP) is 4.68. The molecule has 0 spiro atoms. The quantitative estimate of drug-likeness (QED) is 0.273. The Kier molecular flexibility index (Phi) is 7.84. The number of rotatable bonds is 12. The second-order valence-corrected chi connectivity index (χ2v) is 10.3. The Morgan fingerprint density at radius 1 is 0.972 bits per heavy atom. The Morgan fingerprint density at radius 3 is 2.42 bits per heavy atom. The van der Waals surface area contributed by atoms with Gasteiger partial charge in [0.2, 0.25) is 15.0 Å². The molecule has 0 saturated carbocycles. The Hall–Kier alpha value is -3.92. The molecule has 4 rings (SSSR count). The van der Waals surface area contributed by atoms with Crippen molar-refractivity contribution in [1.82, 2.24) is 14.8 Å². The van der Waals surface area contributed by atoms with Crippen LogP contribution in [0.5, 0.6) is 5.75 Å². The van der Waals surface area contributed by atoms with Crippen LogP contribution in [0.3, 0.4) is 0 Å². The molecule has 9 nitrogen and oxygen atoms in total. The number of hydrogen-bond acceptors (Lipinski definition) is 7. The topological polar surface area (TPSA) is 125 Å². The highest BCUT2D eigenvalue weighted by atomic mass is 32.2. The number of benzene rings is 2. The minimum Gasteiger partial charge on any atom is -0.493 e. The molecule has 0 aliphatic heterocycles. The monoisotopic (exact) mass is 509 g/mol. The molecule has 0 fully saturated rings. The first-order chi connectivity index (χ1) is 17.3. The van der Waals surface area contributed by atoms with Crippen LogP contribution in [-0.4, -0.2) is 47.1 Å². The third-order valence-corrected chi connectivity index (χ3v) is 6.56. The standard InChI is InChI=1S/C26H27N3O6S/c1-36(32,33)26-28-27-25(20-14-12-19(13-15-20)22-10-7-17-35-22)29(26)18-21-8-4-5-9-23(21)34-16-6-2-3-11-24(30)31/h4-5,7-10,12-15,17H,2-3,6,11,16,18H2,1H3,(H,30,31). The van der Waals surface area contributed by atoms with E-state index in [0.717, 1.165) is 36.0 Å². The lowest BCUT2D eigenvalue weighted by Gasteiger charge is -2.14. The minimum atomic E-state index is -3.65. The van der Waals surface area contributed by atoms with E-state index in [1.54, 1.807) is 10.8 Å². The van der Waals surface area contributed by atoms with Gasteiger partial charge in [0.25, 0.3) is 0 Å². The van der Waals surface area contributed by atoms with Gasteiger partial charge in [0, 0.05) is 29.4 Å². The molecule has 2 heterocycles. The fourth-order valence-electron chi connectivity index (χ4n) is 3.83. The second-order valence-electron chi connectivity index (χ2n) is 8.38. The summed E-state index contributed by atoms with van der Waals surface area (Å²) in [6, 6.07) is 18.6. The highest BCUT2D eigenvalue weighted by molar-refractivity contribution is 7.90. The van der Waals surface area contributed by atoms with Gasteiger partial charge in [-0.05, 0) is 37.5 Å². The molecular formula is C26H27N3O6S. The van der Waals surface area contributed by atoms with Gasteiger partial charge in [-0.1, -0.05) is 42.5 Å². The number of aromatic nitrogens is 3. The van der Waals surface area contributed by atoms with Crippen LogP contribution in [0.1, 0.15) is 31.2 Å². The van der Waals surface area contributed by atoms with E-state index in [9.17, 15) is 13.2 Å². The third kappa shape index (κ3) is 6.19. The number of aliphatic carboxylic acids is 1. The predicted molar refractivity (Wildman–Crippen MR) is 133 cm³/mol. The lowest BCUT2D eigenvalue weighted by Crippen LogP contribution is -2.12. The summed E-state index contributed by atoms with van der Waals surface area (Å²) >= 11 is 0. The molecule has 0 bridgehead atoms. The number of carboxylic acids is 1. The Morgan fingerprint density at radius 2 is 1.72 bits per heavy atom. The summed E-state index contributed by atoms with van der Waals surface area (Å²) in [6.45, 7) is 0.624. The van der Waals surface area contributed by atoms with Crippen molar-refractivity contribution >= 4 is 15.8 Å². The molecule has 0 unspecified atom stereocenters. The smallest absolute Gasteiger partial charge is 0.303 e. The summed E-state index contributed by atoms with van der Waals surface area (Å²) in [5.41, 5.74) is 2.38. The van der Waals surface area contributed by atoms with Crippen LogP contribution < -0.4 is 4.74 Å². The van der Waals surface area contributed by atoms with Crippen LogP contribution in [0, 0.1) is 0 Å². The molecule has 0 amide bonds. The Bertz CT molecular complexity index is 1410. The van der Waals surface area contributed by atoms with Crippen LogP contribution in [-0.2, 0) is 21.2 Å². The van der Waals surface area contributed by atoms with Crippen molar-refractivity contribution in [2.24, 2.45) is 0 Å². The SMILES string of the molecule is CS(=O)(=O)c1nnc(-c2ccc(-c3ccco3)cc2)n1Cc1ccccc1OCCCCCC(=O)O. The summed E-state index contributed by atoms with van der Waals surface area (Å²) in [5.74, 6) is 0.977. The molecule has 0 aliphatic carbocycles. The van der Waals surface area contributed by atoms with Gasteiger partial charge >= 0.3 is 5.97 Å². The molecule has 10 heteroatoms. The number of carboxylic acid groups (broad SMARTS) is 1. The van der Waals surface area contributed by atoms with Crippen LogP contribution in [0.4, 0.5) is 0 Å². The second kappa shape index (κ2) is 11.2. The van der Waals surface area contributed by atoms with Gasteiger partial charge in [-0.3, -0.25) is 9.36 Å². The summed E-state index contributed by atoms with van der Waals surface area (Å²) < 4.78 is 38.0. The van der Waals surface area contributed by atoms with Gasteiger partial charge in [0.15, 0.2) is 5.82 Å². The molecule has 1 N–H and O–H groups in total. The van der Waals surface area contributed by atoms with Gasteiger partial charge in [0.05, 0.1) is 19.4 Å². The highest BCUT2D eigenvalue weighted by Gasteiger charge is 2.22. The van der Waals surface area contributed by atoms with E-state index in [-0.39, 0.29) is 18.1 Å². The normalized spacial score (nSPS) is 11.5. The van der Waals surface area contributed by atoms with Gasteiger partial charge < -0.3 is 14.3 Å². The number of furan rings is 1. The molecule has 2 aromatic carbocycles. The zero-order valence-corrected chi connectivity index (χ0v) is 20.6. The van der Waals surface area contributed by atoms with E-state index in [1.807, 2.05) is 60.7 Å². The number of nitrogens with zero attached hydrogens (tertiary/aromatic N) is 3. The minimum absolute atomic E-state index is 0.129. The van der Waals surface area contributed by atoms with E-state index in [0.29, 0.717) is 30.2 Å². The van der Waals surface area contributed by atoms with E-state index in [1.165, 1.54) is 0 Å². The van der Waals surface area contributed by atoms with E-state index < -0.39 is 15.8 Å². The first kappa shape index (κ1) is 25.2. The maximum atomic E-state index is 12.5. The van der Waals surface area contributed by atoms with Crippen LogP contribution in [0.2, 0.25) is 0 Å². The number of unbranched alkanes of at least 4 members (excludes halogenated alkanes) is 2. The van der Waals surface area contributed by atoms with E-state index >= 15 is 0 Å². The molecule has 4 aromatic rings. The maximum Gasteiger partial charge on any atom is 0.303 e. The molecule has 0 atom stereocenters. The van der Waals surface area contributed by atoms with Crippen molar-refractivity contribution in [2.75, 3.05) is 12.9 Å². The summed E-state index contributed by atoms with van der Waals surface area (Å²) in [6.07, 6.45) is 4.92. The number of carbonyl (C=O) groups is 1. The van der Waals surface area contributed by atoms with Crippen molar-refractivity contribution in [3.63, 3.8) is 0 Å². The number of sulfone groups is 1. The molecular weight excluding hydrogens is 482 g/mol. The average molecular weight is 510 g/mol. The zero-order chi connectivity index (χ0) is 25.5. The lowest BCUT2D eigenvalue weighted by molar-refractivity contribution is -0.137. The van der Waals surface area contributed by atoms with Crippen LogP contribution in [0.15, 0.2) is 76.5 Å². The van der Waals surface area contributed by atoms with Crippen molar-refractivity contribution in [2.45, 2.75) is 37.4 Å². The summed E-state index contributed by atoms with van der Waals surface area (Å²) in [4.78, 5) is 10.7. The van der Waals surface area contributed by atoms with E-state index in [2.05, 4.69) is 10.2 Å². The van der Waals surface area contributed by atoms with Crippen molar-refractivity contribution in [1.29, 1.82) is 0 Å². The van der Waals surface area contributed by atoms with Gasteiger partial charge in [-0.2, -0.15) is 0 Å². The largest absolute Gasteiger partial charge is 0.493 e. The van der Waals surface area contributed by atoms with E-state index in [4.69, 9.17) is 14.3 Å². The molecule has 0 saturated heterocycles. The molecule has 36 heavy (non-hydrogen) atoms. The first-order valence-electron chi connectivity index (χ1n) is 11.5. The fourth-order valence-corrected chi connectivity index (χ4v) is 4.57. The first-order valence-corrected chi connectivity index (χ1v) is 13.4. The van der Waals surface area contributed by atoms with Gasteiger partial charge in [0.1, 0.15) is 11.5 Å². The molecule has 0 aliphatic rings.